The number of allylic oxidation sites excluding steroid dienone is 1. The topological polar surface area (TPSA) is 38.5 Å². The van der Waals surface area contributed by atoms with Crippen LogP contribution in [0.2, 0.25) is 0 Å². The van der Waals surface area contributed by atoms with E-state index in [1.807, 2.05) is 4.90 Å². The van der Waals surface area contributed by atoms with E-state index >= 15 is 0 Å². The summed E-state index contributed by atoms with van der Waals surface area (Å²) < 4.78 is 24.8. The maximum atomic E-state index is 14.5. The molecular formula is C13H17FN2O2. The van der Waals surface area contributed by atoms with Gasteiger partial charge >= 0.3 is 0 Å². The smallest absolute Gasteiger partial charge is 0.200 e. The van der Waals surface area contributed by atoms with Crippen LogP contribution in [-0.2, 0) is 4.74 Å². The van der Waals surface area contributed by atoms with Crippen molar-refractivity contribution in [3.05, 3.63) is 35.4 Å². The van der Waals surface area contributed by atoms with E-state index in [4.69, 9.17) is 9.26 Å². The zero-order valence-corrected chi connectivity index (χ0v) is 10.7. The van der Waals surface area contributed by atoms with Gasteiger partial charge in [-0.3, -0.25) is 0 Å². The summed E-state index contributed by atoms with van der Waals surface area (Å²) in [6, 6.07) is 0. The van der Waals surface area contributed by atoms with Crippen molar-refractivity contribution in [3.8, 4) is 0 Å². The van der Waals surface area contributed by atoms with Crippen molar-refractivity contribution in [3.63, 3.8) is 0 Å². The summed E-state index contributed by atoms with van der Waals surface area (Å²) in [6.45, 7) is 9.91. The van der Waals surface area contributed by atoms with Gasteiger partial charge < -0.3 is 14.2 Å². The number of aryl methyl sites for hydroxylation is 1. The van der Waals surface area contributed by atoms with Gasteiger partial charge in [0.1, 0.15) is 0 Å². The molecule has 2 heterocycles. The van der Waals surface area contributed by atoms with Crippen LogP contribution in [0.1, 0.15) is 18.2 Å². The van der Waals surface area contributed by atoms with E-state index in [-0.39, 0.29) is 5.76 Å². The lowest BCUT2D eigenvalue weighted by Gasteiger charge is -2.31. The highest BCUT2D eigenvalue weighted by Gasteiger charge is 2.22. The van der Waals surface area contributed by atoms with E-state index < -0.39 is 5.83 Å². The van der Waals surface area contributed by atoms with Gasteiger partial charge in [-0.2, -0.15) is 0 Å². The van der Waals surface area contributed by atoms with Gasteiger partial charge in [0.05, 0.1) is 25.1 Å². The minimum absolute atomic E-state index is 0.180. The average molecular weight is 252 g/mol. The van der Waals surface area contributed by atoms with E-state index in [1.165, 1.54) is 6.20 Å². The summed E-state index contributed by atoms with van der Waals surface area (Å²) in [5, 5.41) is 3.61. The Kier molecular flexibility index (Phi) is 3.81. The molecule has 1 aliphatic heterocycles. The zero-order chi connectivity index (χ0) is 13.1. The Morgan fingerprint density at radius 3 is 2.61 bits per heavy atom. The molecule has 0 unspecified atom stereocenters. The molecule has 4 nitrogen and oxygen atoms in total. The third-order valence-corrected chi connectivity index (χ3v) is 2.89. The Morgan fingerprint density at radius 2 is 2.11 bits per heavy atom. The van der Waals surface area contributed by atoms with Gasteiger partial charge in [-0.1, -0.05) is 11.7 Å². The molecule has 0 atom stereocenters. The highest BCUT2D eigenvalue weighted by molar-refractivity contribution is 5.64. The first-order valence-corrected chi connectivity index (χ1v) is 5.91. The van der Waals surface area contributed by atoms with Crippen molar-refractivity contribution in [2.45, 2.75) is 13.8 Å². The first-order chi connectivity index (χ1) is 8.61. The van der Waals surface area contributed by atoms with Crippen molar-refractivity contribution >= 4 is 5.83 Å². The molecular weight excluding hydrogens is 235 g/mol. The highest BCUT2D eigenvalue weighted by atomic mass is 19.1. The molecule has 18 heavy (non-hydrogen) atoms. The average Bonchev–Trinajstić information content (AvgIpc) is 2.76. The summed E-state index contributed by atoms with van der Waals surface area (Å²) in [4.78, 5) is 1.93. The molecule has 2 rings (SSSR count). The van der Waals surface area contributed by atoms with Crippen LogP contribution < -0.4 is 0 Å². The number of halogens is 1. The van der Waals surface area contributed by atoms with Crippen LogP contribution in [-0.4, -0.2) is 36.4 Å². The first-order valence-electron chi connectivity index (χ1n) is 5.91. The summed E-state index contributed by atoms with van der Waals surface area (Å²) in [5.41, 5.74) is 1.84. The van der Waals surface area contributed by atoms with E-state index in [0.29, 0.717) is 43.1 Å². The zero-order valence-electron chi connectivity index (χ0n) is 10.7. The Hall–Kier alpha value is -1.62. The summed E-state index contributed by atoms with van der Waals surface area (Å²) in [6.07, 6.45) is 1.50. The van der Waals surface area contributed by atoms with Crippen molar-refractivity contribution in [1.82, 2.24) is 10.1 Å². The van der Waals surface area contributed by atoms with E-state index in [9.17, 15) is 4.39 Å². The van der Waals surface area contributed by atoms with Crippen LogP contribution in [0.5, 0.6) is 0 Å². The van der Waals surface area contributed by atoms with Gasteiger partial charge in [0, 0.05) is 18.7 Å². The van der Waals surface area contributed by atoms with Crippen LogP contribution in [0.25, 0.3) is 5.83 Å². The van der Waals surface area contributed by atoms with E-state index in [2.05, 4.69) is 11.7 Å². The minimum Gasteiger partial charge on any atom is -0.378 e. The summed E-state index contributed by atoms with van der Waals surface area (Å²) in [5.74, 6) is -0.223. The van der Waals surface area contributed by atoms with Crippen LogP contribution in [0.15, 0.2) is 28.6 Å². The molecule has 1 aromatic rings. The fourth-order valence-corrected chi connectivity index (χ4v) is 1.99. The maximum Gasteiger partial charge on any atom is 0.200 e. The second kappa shape index (κ2) is 5.35. The molecule has 1 aliphatic rings. The third kappa shape index (κ3) is 2.46. The van der Waals surface area contributed by atoms with Crippen molar-refractivity contribution < 1.29 is 13.7 Å². The summed E-state index contributed by atoms with van der Waals surface area (Å²) in [7, 11) is 0. The fraction of sp³-hybridized carbons (Fsp3) is 0.462. The number of hydrogen-bond acceptors (Lipinski definition) is 4. The molecule has 0 radical (unpaired) electrons. The number of morpholine rings is 1. The Morgan fingerprint density at radius 1 is 1.44 bits per heavy atom. The van der Waals surface area contributed by atoms with E-state index in [0.717, 1.165) is 0 Å². The van der Waals surface area contributed by atoms with Gasteiger partial charge in [0.15, 0.2) is 11.6 Å². The van der Waals surface area contributed by atoms with E-state index in [1.54, 1.807) is 13.8 Å². The lowest BCUT2D eigenvalue weighted by atomic mass is 10.1. The predicted octanol–water partition coefficient (Wildman–Crippen LogP) is 2.53. The number of aromatic nitrogens is 1. The van der Waals surface area contributed by atoms with Crippen LogP contribution in [0, 0.1) is 6.92 Å². The second-order valence-corrected chi connectivity index (χ2v) is 4.38. The molecule has 0 bridgehead atoms. The minimum atomic E-state index is -0.403. The first kappa shape index (κ1) is 12.8. The molecule has 0 spiro atoms. The van der Waals surface area contributed by atoms with Crippen LogP contribution >= 0.6 is 0 Å². The molecule has 98 valence electrons. The van der Waals surface area contributed by atoms with Gasteiger partial charge in [-0.15, -0.1) is 0 Å². The lowest BCUT2D eigenvalue weighted by molar-refractivity contribution is 0.0545. The monoisotopic (exact) mass is 252 g/mol. The Balaban J connectivity index is 2.39. The number of rotatable bonds is 3. The van der Waals surface area contributed by atoms with Gasteiger partial charge in [0.2, 0.25) is 0 Å². The molecule has 1 fully saturated rings. The second-order valence-electron chi connectivity index (χ2n) is 4.38. The highest BCUT2D eigenvalue weighted by Crippen LogP contribution is 2.29. The molecule has 5 heteroatoms. The number of nitrogens with zero attached hydrogens (tertiary/aromatic N) is 2. The molecule has 0 N–H and O–H groups in total. The SMILES string of the molecule is C=C(C)/C(=C(/F)c1oncc1C)N1CCOCC1. The quantitative estimate of drug-likeness (QED) is 0.775. The molecule has 1 saturated heterocycles. The van der Waals surface area contributed by atoms with Crippen molar-refractivity contribution in [1.29, 1.82) is 0 Å². The molecule has 0 aliphatic carbocycles. The number of hydrogen-bond donors (Lipinski definition) is 0. The normalized spacial score (nSPS) is 17.6. The van der Waals surface area contributed by atoms with Gasteiger partial charge in [-0.05, 0) is 19.4 Å². The van der Waals surface area contributed by atoms with Gasteiger partial charge in [0.25, 0.3) is 0 Å². The molecule has 0 aromatic carbocycles. The largest absolute Gasteiger partial charge is 0.378 e. The Labute approximate surface area is 106 Å². The fourth-order valence-electron chi connectivity index (χ4n) is 1.99. The third-order valence-electron chi connectivity index (χ3n) is 2.89. The van der Waals surface area contributed by atoms with Crippen LogP contribution in [0.4, 0.5) is 4.39 Å². The maximum absolute atomic E-state index is 14.5. The van der Waals surface area contributed by atoms with Crippen molar-refractivity contribution in [2.75, 3.05) is 26.3 Å². The van der Waals surface area contributed by atoms with Gasteiger partial charge in [-0.25, -0.2) is 4.39 Å². The molecule has 1 aromatic heterocycles. The predicted molar refractivity (Wildman–Crippen MR) is 66.5 cm³/mol. The standard InChI is InChI=1S/C13H17FN2O2/c1-9(2)12(16-4-6-17-7-5-16)11(14)13-10(3)8-15-18-13/h8H,1,4-7H2,2-3H3/b12-11-. The number of ether oxygens (including phenoxy) is 1. The van der Waals surface area contributed by atoms with Crippen LogP contribution in [0.3, 0.4) is 0 Å². The lowest BCUT2D eigenvalue weighted by Crippen LogP contribution is -2.36. The van der Waals surface area contributed by atoms with Crippen molar-refractivity contribution in [2.24, 2.45) is 0 Å². The molecule has 0 amide bonds. The Bertz CT molecular complexity index is 473. The summed E-state index contributed by atoms with van der Waals surface area (Å²) >= 11 is 0. The molecule has 0 saturated carbocycles.